The van der Waals surface area contributed by atoms with Crippen molar-refractivity contribution in [1.82, 2.24) is 14.9 Å². The van der Waals surface area contributed by atoms with Crippen LogP contribution < -0.4 is 4.90 Å². The van der Waals surface area contributed by atoms with Crippen LogP contribution >= 0.6 is 0 Å². The molecule has 1 aromatic heterocycles. The molecule has 6 nitrogen and oxygen atoms in total. The average Bonchev–Trinajstić information content (AvgIpc) is 3.44. The molecule has 6 heteroatoms. The molecule has 2 N–H and O–H groups in total. The first-order valence-corrected chi connectivity index (χ1v) is 10.1. The van der Waals surface area contributed by atoms with Crippen molar-refractivity contribution in [3.05, 3.63) is 42.4 Å². The van der Waals surface area contributed by atoms with Crippen LogP contribution in [0.3, 0.4) is 0 Å². The summed E-state index contributed by atoms with van der Waals surface area (Å²) in [4.78, 5) is 23.1. The SMILES string of the molecule is N=C(C=O)/C=C\c1ncc(-c2ccc(N3CCN(C4CCCC4)CC3)cc2)[nH]1. The van der Waals surface area contributed by atoms with Crippen molar-refractivity contribution in [1.29, 1.82) is 5.41 Å². The van der Waals surface area contributed by atoms with Crippen LogP contribution in [0.1, 0.15) is 31.5 Å². The standard InChI is InChI=1S/C22H27N5O/c23-18(16-28)7-10-22-24-15-21(25-22)17-5-8-20(9-6-17)27-13-11-26(12-14-27)19-3-1-2-4-19/h5-10,15-16,19,23H,1-4,11-14H2,(H,24,25)/b10-7-,23-18?. The molecule has 28 heavy (non-hydrogen) atoms. The highest BCUT2D eigenvalue weighted by Crippen LogP contribution is 2.27. The molecule has 0 spiro atoms. The number of carbonyl (C=O) groups excluding carboxylic acids is 1. The number of H-pyrrole nitrogens is 1. The Hall–Kier alpha value is -2.73. The van der Waals surface area contributed by atoms with Gasteiger partial charge in [0.2, 0.25) is 0 Å². The molecular formula is C22H27N5O. The minimum Gasteiger partial charge on any atom is -0.369 e. The van der Waals surface area contributed by atoms with E-state index in [-0.39, 0.29) is 5.71 Å². The maximum absolute atomic E-state index is 10.5. The highest BCUT2D eigenvalue weighted by atomic mass is 16.1. The molecule has 1 saturated carbocycles. The molecular weight excluding hydrogens is 350 g/mol. The zero-order chi connectivity index (χ0) is 19.3. The zero-order valence-electron chi connectivity index (χ0n) is 16.1. The van der Waals surface area contributed by atoms with E-state index >= 15 is 0 Å². The number of hydrogen-bond acceptors (Lipinski definition) is 5. The topological polar surface area (TPSA) is 76.1 Å². The number of nitrogens with one attached hydrogen (secondary N) is 2. The minimum absolute atomic E-state index is 0.0738. The summed E-state index contributed by atoms with van der Waals surface area (Å²) >= 11 is 0. The van der Waals surface area contributed by atoms with Gasteiger partial charge in [0.1, 0.15) is 5.82 Å². The molecule has 0 bridgehead atoms. The number of imidazole rings is 1. The van der Waals surface area contributed by atoms with Gasteiger partial charge in [-0.2, -0.15) is 0 Å². The molecule has 1 saturated heterocycles. The van der Waals surface area contributed by atoms with Gasteiger partial charge in [-0.15, -0.1) is 0 Å². The molecule has 0 atom stereocenters. The third-order valence-corrected chi connectivity index (χ3v) is 5.84. The monoisotopic (exact) mass is 377 g/mol. The Bertz CT molecular complexity index is 840. The molecule has 1 aliphatic heterocycles. The predicted molar refractivity (Wildman–Crippen MR) is 113 cm³/mol. The van der Waals surface area contributed by atoms with Crippen molar-refractivity contribution in [2.24, 2.45) is 0 Å². The van der Waals surface area contributed by atoms with Crippen LogP contribution in [0.25, 0.3) is 17.3 Å². The molecule has 2 fully saturated rings. The molecule has 1 aliphatic carbocycles. The van der Waals surface area contributed by atoms with Crippen molar-refractivity contribution < 1.29 is 4.79 Å². The fourth-order valence-corrected chi connectivity index (χ4v) is 4.24. The Balaban J connectivity index is 1.36. The van der Waals surface area contributed by atoms with E-state index in [0.29, 0.717) is 12.1 Å². The van der Waals surface area contributed by atoms with Gasteiger partial charge in [-0.25, -0.2) is 4.98 Å². The summed E-state index contributed by atoms with van der Waals surface area (Å²) in [6, 6.07) is 9.42. The fourth-order valence-electron chi connectivity index (χ4n) is 4.24. The van der Waals surface area contributed by atoms with Crippen LogP contribution in [0.15, 0.2) is 36.5 Å². The molecule has 2 aliphatic rings. The smallest absolute Gasteiger partial charge is 0.167 e. The van der Waals surface area contributed by atoms with Crippen LogP contribution in [0.5, 0.6) is 0 Å². The van der Waals surface area contributed by atoms with Crippen LogP contribution in [-0.4, -0.2) is 59.1 Å². The Labute approximate surface area is 165 Å². The number of piperazine rings is 1. The van der Waals surface area contributed by atoms with Gasteiger partial charge in [0.15, 0.2) is 6.29 Å². The number of rotatable bonds is 6. The van der Waals surface area contributed by atoms with E-state index in [4.69, 9.17) is 5.41 Å². The number of anilines is 1. The molecule has 4 rings (SSSR count). The molecule has 0 amide bonds. The van der Waals surface area contributed by atoms with Gasteiger partial charge in [0.25, 0.3) is 0 Å². The van der Waals surface area contributed by atoms with Crippen molar-refractivity contribution in [2.75, 3.05) is 31.1 Å². The highest BCUT2D eigenvalue weighted by molar-refractivity contribution is 6.33. The highest BCUT2D eigenvalue weighted by Gasteiger charge is 2.26. The predicted octanol–water partition coefficient (Wildman–Crippen LogP) is 3.37. The number of aldehydes is 1. The number of allylic oxidation sites excluding steroid dienone is 1. The van der Waals surface area contributed by atoms with E-state index in [2.05, 4.69) is 44.0 Å². The van der Waals surface area contributed by atoms with Crippen molar-refractivity contribution in [2.45, 2.75) is 31.7 Å². The first-order chi connectivity index (χ1) is 13.7. The number of benzene rings is 1. The van der Waals surface area contributed by atoms with Gasteiger partial charge in [-0.1, -0.05) is 25.0 Å². The quantitative estimate of drug-likeness (QED) is 0.598. The van der Waals surface area contributed by atoms with E-state index < -0.39 is 0 Å². The van der Waals surface area contributed by atoms with E-state index in [1.807, 2.05) is 0 Å². The average molecular weight is 377 g/mol. The molecule has 0 radical (unpaired) electrons. The second-order valence-corrected chi connectivity index (χ2v) is 7.60. The van der Waals surface area contributed by atoms with Crippen molar-refractivity contribution in [3.8, 4) is 11.3 Å². The first kappa shape index (κ1) is 18.6. The number of hydrogen-bond donors (Lipinski definition) is 2. The van der Waals surface area contributed by atoms with E-state index in [1.165, 1.54) is 50.5 Å². The Morgan fingerprint density at radius 2 is 1.82 bits per heavy atom. The first-order valence-electron chi connectivity index (χ1n) is 10.1. The van der Waals surface area contributed by atoms with Gasteiger partial charge < -0.3 is 9.88 Å². The van der Waals surface area contributed by atoms with Gasteiger partial charge >= 0.3 is 0 Å². The lowest BCUT2D eigenvalue weighted by Crippen LogP contribution is -2.49. The number of aromatic amines is 1. The maximum atomic E-state index is 10.5. The molecule has 2 aromatic rings. The summed E-state index contributed by atoms with van der Waals surface area (Å²) in [6.45, 7) is 4.52. The summed E-state index contributed by atoms with van der Waals surface area (Å²) in [5.74, 6) is 0.633. The number of carbonyl (C=O) groups is 1. The Morgan fingerprint density at radius 3 is 2.50 bits per heavy atom. The van der Waals surface area contributed by atoms with Crippen LogP contribution in [-0.2, 0) is 4.79 Å². The van der Waals surface area contributed by atoms with E-state index in [9.17, 15) is 4.79 Å². The normalized spacial score (nSPS) is 18.8. The maximum Gasteiger partial charge on any atom is 0.167 e. The summed E-state index contributed by atoms with van der Waals surface area (Å²) in [7, 11) is 0. The molecule has 1 aromatic carbocycles. The number of nitrogens with zero attached hydrogens (tertiary/aromatic N) is 3. The van der Waals surface area contributed by atoms with E-state index in [1.54, 1.807) is 12.3 Å². The fraction of sp³-hybridized carbons (Fsp3) is 0.409. The Kier molecular flexibility index (Phi) is 5.67. The van der Waals surface area contributed by atoms with Crippen LogP contribution in [0, 0.1) is 5.41 Å². The van der Waals surface area contributed by atoms with Crippen molar-refractivity contribution >= 4 is 23.8 Å². The van der Waals surface area contributed by atoms with E-state index in [0.717, 1.165) is 30.4 Å². The second kappa shape index (κ2) is 8.52. The van der Waals surface area contributed by atoms with Gasteiger partial charge in [0.05, 0.1) is 17.6 Å². The lowest BCUT2D eigenvalue weighted by Gasteiger charge is -2.39. The van der Waals surface area contributed by atoms with Crippen LogP contribution in [0.4, 0.5) is 5.69 Å². The number of aromatic nitrogens is 2. The summed E-state index contributed by atoms with van der Waals surface area (Å²) in [5.41, 5.74) is 3.20. The summed E-state index contributed by atoms with van der Waals surface area (Å²) in [6.07, 6.45) is 10.9. The van der Waals surface area contributed by atoms with Gasteiger partial charge in [-0.05, 0) is 42.7 Å². The summed E-state index contributed by atoms with van der Waals surface area (Å²) < 4.78 is 0. The second-order valence-electron chi connectivity index (χ2n) is 7.60. The van der Waals surface area contributed by atoms with Gasteiger partial charge in [0, 0.05) is 37.9 Å². The lowest BCUT2D eigenvalue weighted by molar-refractivity contribution is -0.102. The molecule has 2 heterocycles. The lowest BCUT2D eigenvalue weighted by atomic mass is 10.1. The molecule has 146 valence electrons. The van der Waals surface area contributed by atoms with Crippen molar-refractivity contribution in [3.63, 3.8) is 0 Å². The largest absolute Gasteiger partial charge is 0.369 e. The van der Waals surface area contributed by atoms with Crippen LogP contribution in [0.2, 0.25) is 0 Å². The zero-order valence-corrected chi connectivity index (χ0v) is 16.1. The summed E-state index contributed by atoms with van der Waals surface area (Å²) in [5, 5.41) is 7.34. The minimum atomic E-state index is -0.0738. The third-order valence-electron chi connectivity index (χ3n) is 5.84. The Morgan fingerprint density at radius 1 is 1.11 bits per heavy atom. The van der Waals surface area contributed by atoms with Gasteiger partial charge in [-0.3, -0.25) is 15.1 Å². The third kappa shape index (κ3) is 4.22. The molecule has 0 unspecified atom stereocenters.